The molecule has 2 heterocycles. The molecule has 5 aromatic rings. The van der Waals surface area contributed by atoms with Crippen LogP contribution < -0.4 is 15.5 Å². The van der Waals surface area contributed by atoms with Crippen molar-refractivity contribution in [1.82, 2.24) is 19.3 Å². The van der Waals surface area contributed by atoms with Gasteiger partial charge in [-0.05, 0) is 88.9 Å². The van der Waals surface area contributed by atoms with E-state index in [0.717, 1.165) is 19.3 Å². The van der Waals surface area contributed by atoms with E-state index < -0.39 is 21.7 Å². The number of carbonyl (C=O) groups excluding carboxylic acids is 1. The maximum Gasteiger partial charge on any atom is 0.412 e. The first kappa shape index (κ1) is 33.9. The molecule has 0 aliphatic heterocycles. The van der Waals surface area contributed by atoms with Crippen LogP contribution in [0.3, 0.4) is 0 Å². The lowest BCUT2D eigenvalue weighted by atomic mass is 9.91. The summed E-state index contributed by atoms with van der Waals surface area (Å²) in [6.07, 6.45) is 5.13. The number of benzene rings is 3. The van der Waals surface area contributed by atoms with Gasteiger partial charge < -0.3 is 15.7 Å². The standard InChI is InChI=1S/C36H37ClN6O5S/c1-36(2,3)43(35(45)46)26-18-16-23(17-19-26)33(44)39-24-10-9-11-25(20-24)40-34-38-21-30(37)32(41-34)29-22-42(31-15-8-7-14-28(29)31)49(47,48)27-12-5-4-6-13-27/h4-8,12-19,21-22,24-25H,9-11,20H2,1-3H3,(H,39,44)(H,45,46)(H,38,40,41)/t24?,25-/m1/s1. The van der Waals surface area contributed by atoms with E-state index in [1.165, 1.54) is 15.1 Å². The Kier molecular flexibility index (Phi) is 9.37. The molecule has 1 aliphatic carbocycles. The van der Waals surface area contributed by atoms with Gasteiger partial charge in [-0.1, -0.05) is 48.0 Å². The van der Waals surface area contributed by atoms with Gasteiger partial charge in [0.1, 0.15) is 0 Å². The fourth-order valence-electron chi connectivity index (χ4n) is 6.32. The first-order chi connectivity index (χ1) is 23.3. The Labute approximate surface area is 290 Å². The molecular formula is C36H37ClN6O5S. The number of nitrogens with one attached hydrogen (secondary N) is 2. The quantitative estimate of drug-likeness (QED) is 0.152. The van der Waals surface area contributed by atoms with Crippen LogP contribution in [0.2, 0.25) is 5.02 Å². The van der Waals surface area contributed by atoms with Gasteiger partial charge in [-0.15, -0.1) is 0 Å². The van der Waals surface area contributed by atoms with Crippen LogP contribution in [0, 0.1) is 0 Å². The number of para-hydroxylation sites is 1. The minimum absolute atomic E-state index is 0.0360. The zero-order valence-corrected chi connectivity index (χ0v) is 28.9. The van der Waals surface area contributed by atoms with Gasteiger partial charge in [0.15, 0.2) is 0 Å². The molecule has 3 N–H and O–H groups in total. The van der Waals surface area contributed by atoms with E-state index in [1.807, 2.05) is 32.9 Å². The zero-order valence-electron chi connectivity index (χ0n) is 27.3. The summed E-state index contributed by atoms with van der Waals surface area (Å²) in [6.45, 7) is 5.43. The number of anilines is 2. The molecule has 1 fully saturated rings. The fraction of sp³-hybridized carbons (Fsp3) is 0.278. The number of nitrogens with zero attached hydrogens (tertiary/aromatic N) is 4. The molecule has 0 radical (unpaired) electrons. The summed E-state index contributed by atoms with van der Waals surface area (Å²) < 4.78 is 28.5. The van der Waals surface area contributed by atoms with Gasteiger partial charge in [0.2, 0.25) is 5.95 Å². The maximum absolute atomic E-state index is 13.6. The second kappa shape index (κ2) is 13.5. The highest BCUT2D eigenvalue weighted by atomic mass is 35.5. The van der Waals surface area contributed by atoms with Crippen molar-refractivity contribution in [3.05, 3.63) is 102 Å². The number of hydrogen-bond donors (Lipinski definition) is 3. The SMILES string of the molecule is CC(C)(C)N(C(=O)O)c1ccc(C(=O)NC2CCC[C@@H](Nc3ncc(Cl)c(-c4cn(S(=O)(=O)c5ccccc5)c5ccccc45)n3)C2)cc1. The molecule has 1 unspecified atom stereocenters. The highest BCUT2D eigenvalue weighted by Crippen LogP contribution is 2.36. The number of carbonyl (C=O) groups is 2. The van der Waals surface area contributed by atoms with Crippen LogP contribution in [0.15, 0.2) is 96.2 Å². The fourth-order valence-corrected chi connectivity index (χ4v) is 7.90. The molecule has 2 amide bonds. The van der Waals surface area contributed by atoms with Crippen LogP contribution in [-0.4, -0.2) is 57.1 Å². The van der Waals surface area contributed by atoms with Gasteiger partial charge in [0.25, 0.3) is 15.9 Å². The van der Waals surface area contributed by atoms with Crippen LogP contribution in [0.25, 0.3) is 22.2 Å². The van der Waals surface area contributed by atoms with Crippen molar-refractivity contribution in [2.24, 2.45) is 0 Å². The minimum Gasteiger partial charge on any atom is -0.465 e. The van der Waals surface area contributed by atoms with Gasteiger partial charge in [-0.2, -0.15) is 0 Å². The average molecular weight is 701 g/mol. The Bertz CT molecular complexity index is 2110. The largest absolute Gasteiger partial charge is 0.465 e. The monoisotopic (exact) mass is 700 g/mol. The summed E-state index contributed by atoms with van der Waals surface area (Å²) in [7, 11) is -3.90. The number of aromatic nitrogens is 3. The van der Waals surface area contributed by atoms with Crippen molar-refractivity contribution in [2.45, 2.75) is 69.0 Å². The maximum atomic E-state index is 13.6. The number of fused-ring (bicyclic) bond motifs is 1. The molecular weight excluding hydrogens is 664 g/mol. The second-order valence-electron chi connectivity index (χ2n) is 13.1. The Morgan fingerprint density at radius 2 is 1.63 bits per heavy atom. The van der Waals surface area contributed by atoms with Crippen LogP contribution >= 0.6 is 11.6 Å². The third kappa shape index (κ3) is 7.11. The molecule has 2 aromatic heterocycles. The number of amides is 2. The number of hydrogen-bond acceptors (Lipinski definition) is 7. The van der Waals surface area contributed by atoms with Crippen molar-refractivity contribution >= 4 is 56.2 Å². The second-order valence-corrected chi connectivity index (χ2v) is 15.3. The lowest BCUT2D eigenvalue weighted by Crippen LogP contribution is -2.45. The molecule has 1 saturated carbocycles. The molecule has 0 bridgehead atoms. The average Bonchev–Trinajstić information content (AvgIpc) is 3.46. The van der Waals surface area contributed by atoms with Gasteiger partial charge in [0, 0.05) is 46.0 Å². The number of rotatable bonds is 8. The Balaban J connectivity index is 1.18. The molecule has 3 aromatic carbocycles. The molecule has 1 aliphatic rings. The van der Waals surface area contributed by atoms with E-state index >= 15 is 0 Å². The van der Waals surface area contributed by atoms with E-state index in [4.69, 9.17) is 16.6 Å². The van der Waals surface area contributed by atoms with Crippen molar-refractivity contribution in [3.8, 4) is 11.3 Å². The van der Waals surface area contributed by atoms with Crippen LogP contribution in [0.1, 0.15) is 56.8 Å². The predicted octanol–water partition coefficient (Wildman–Crippen LogP) is 7.42. The van der Waals surface area contributed by atoms with Crippen molar-refractivity contribution in [2.75, 3.05) is 10.2 Å². The summed E-state index contributed by atoms with van der Waals surface area (Å²) in [4.78, 5) is 35.6. The zero-order chi connectivity index (χ0) is 34.9. The van der Waals surface area contributed by atoms with Crippen molar-refractivity contribution < 1.29 is 23.1 Å². The summed E-state index contributed by atoms with van der Waals surface area (Å²) in [5, 5.41) is 17.2. The van der Waals surface area contributed by atoms with E-state index in [1.54, 1.807) is 72.9 Å². The summed E-state index contributed by atoms with van der Waals surface area (Å²) in [5.74, 6) is 0.109. The van der Waals surface area contributed by atoms with E-state index in [9.17, 15) is 23.1 Å². The highest BCUT2D eigenvalue weighted by molar-refractivity contribution is 7.90. The van der Waals surface area contributed by atoms with Gasteiger partial charge in [-0.3, -0.25) is 9.69 Å². The molecule has 11 nitrogen and oxygen atoms in total. The lowest BCUT2D eigenvalue weighted by Gasteiger charge is -2.33. The summed E-state index contributed by atoms with van der Waals surface area (Å²) >= 11 is 6.63. The van der Waals surface area contributed by atoms with Crippen molar-refractivity contribution in [1.29, 1.82) is 0 Å². The molecule has 0 spiro atoms. The van der Waals surface area contributed by atoms with Crippen LogP contribution in [0.4, 0.5) is 16.4 Å². The Hall–Kier alpha value is -4.94. The topological polar surface area (TPSA) is 147 Å². The molecule has 49 heavy (non-hydrogen) atoms. The van der Waals surface area contributed by atoms with Gasteiger partial charge in [-0.25, -0.2) is 27.2 Å². The number of carboxylic acid groups (broad SMARTS) is 1. The third-order valence-electron chi connectivity index (χ3n) is 8.57. The summed E-state index contributed by atoms with van der Waals surface area (Å²) in [5.41, 5.74) is 1.74. The van der Waals surface area contributed by atoms with E-state index in [2.05, 4.69) is 15.6 Å². The van der Waals surface area contributed by atoms with Gasteiger partial charge >= 0.3 is 6.09 Å². The minimum atomic E-state index is -3.90. The smallest absolute Gasteiger partial charge is 0.412 e. The highest BCUT2D eigenvalue weighted by Gasteiger charge is 2.29. The van der Waals surface area contributed by atoms with Gasteiger partial charge in [0.05, 0.1) is 27.3 Å². The Morgan fingerprint density at radius 3 is 2.33 bits per heavy atom. The van der Waals surface area contributed by atoms with Crippen LogP contribution in [-0.2, 0) is 10.0 Å². The number of halogens is 1. The van der Waals surface area contributed by atoms with Crippen LogP contribution in [0.5, 0.6) is 0 Å². The van der Waals surface area contributed by atoms with E-state index in [-0.39, 0.29) is 27.9 Å². The molecule has 13 heteroatoms. The first-order valence-electron chi connectivity index (χ1n) is 16.0. The summed E-state index contributed by atoms with van der Waals surface area (Å²) in [6, 6.07) is 21.9. The first-order valence-corrected chi connectivity index (χ1v) is 17.8. The van der Waals surface area contributed by atoms with Crippen molar-refractivity contribution in [3.63, 3.8) is 0 Å². The molecule has 2 atom stereocenters. The normalized spacial score (nSPS) is 16.7. The third-order valence-corrected chi connectivity index (χ3v) is 10.5. The Morgan fingerprint density at radius 1 is 0.959 bits per heavy atom. The lowest BCUT2D eigenvalue weighted by molar-refractivity contribution is 0.0926. The predicted molar refractivity (Wildman–Crippen MR) is 191 cm³/mol. The van der Waals surface area contributed by atoms with E-state index in [0.29, 0.717) is 45.8 Å². The molecule has 254 valence electrons. The molecule has 6 rings (SSSR count). The molecule has 0 saturated heterocycles.